The number of carboxylic acid groups (broad SMARTS) is 1. The molecule has 6 atom stereocenters. The van der Waals surface area contributed by atoms with Crippen molar-refractivity contribution in [2.24, 2.45) is 28.1 Å². The Bertz CT molecular complexity index is 552. The highest BCUT2D eigenvalue weighted by Gasteiger charge is 2.60. The first-order valence-electron chi connectivity index (χ1n) is 8.83. The van der Waals surface area contributed by atoms with Gasteiger partial charge in [0.25, 0.3) is 0 Å². The van der Waals surface area contributed by atoms with Gasteiger partial charge in [0, 0.05) is 0 Å². The second-order valence-corrected chi connectivity index (χ2v) is 9.17. The molecule has 3 aliphatic carbocycles. The second-order valence-electron chi connectivity index (χ2n) is 9.17. The topological polar surface area (TPSA) is 77.8 Å². The quantitative estimate of drug-likeness (QED) is 0.649. The van der Waals surface area contributed by atoms with Crippen molar-refractivity contribution >= 4 is 5.97 Å². The normalized spacial score (nSPS) is 48.9. The number of carboxylic acids is 1. The summed E-state index contributed by atoms with van der Waals surface area (Å²) in [6.07, 6.45) is 4.62. The summed E-state index contributed by atoms with van der Waals surface area (Å²) in [7, 11) is 0. The summed E-state index contributed by atoms with van der Waals surface area (Å²) in [6.45, 7) is 8.20. The van der Waals surface area contributed by atoms with Gasteiger partial charge < -0.3 is 15.3 Å². The molecular formula is C19H30O4. The zero-order chi connectivity index (χ0) is 17.2. The Balaban J connectivity index is 2.00. The van der Waals surface area contributed by atoms with Crippen LogP contribution in [0.15, 0.2) is 11.6 Å². The highest BCUT2D eigenvalue weighted by Crippen LogP contribution is 2.63. The zero-order valence-electron chi connectivity index (χ0n) is 14.7. The maximum Gasteiger partial charge on any atom is 0.313 e. The van der Waals surface area contributed by atoms with Crippen LogP contribution in [-0.4, -0.2) is 33.5 Å². The van der Waals surface area contributed by atoms with Crippen LogP contribution >= 0.6 is 0 Å². The predicted octanol–water partition coefficient (Wildman–Crippen LogP) is 2.98. The smallest absolute Gasteiger partial charge is 0.313 e. The maximum absolute atomic E-state index is 11.6. The van der Waals surface area contributed by atoms with Gasteiger partial charge in [-0.3, -0.25) is 4.79 Å². The molecule has 2 fully saturated rings. The fourth-order valence-corrected chi connectivity index (χ4v) is 6.03. The first-order chi connectivity index (χ1) is 10.5. The average Bonchev–Trinajstić information content (AvgIpc) is 2.44. The van der Waals surface area contributed by atoms with Gasteiger partial charge in [-0.15, -0.1) is 0 Å². The van der Waals surface area contributed by atoms with Crippen molar-refractivity contribution in [2.45, 2.75) is 72.0 Å². The monoisotopic (exact) mass is 322 g/mol. The van der Waals surface area contributed by atoms with Gasteiger partial charge in [-0.25, -0.2) is 0 Å². The maximum atomic E-state index is 11.6. The minimum atomic E-state index is -0.753. The summed E-state index contributed by atoms with van der Waals surface area (Å²) in [6, 6.07) is 0. The van der Waals surface area contributed by atoms with Crippen LogP contribution in [0, 0.1) is 28.1 Å². The summed E-state index contributed by atoms with van der Waals surface area (Å²) in [5.74, 6) is -0.0602. The number of allylic oxidation sites excluding steroid dienone is 1. The summed E-state index contributed by atoms with van der Waals surface area (Å²) < 4.78 is 0. The van der Waals surface area contributed by atoms with Crippen LogP contribution < -0.4 is 0 Å². The van der Waals surface area contributed by atoms with E-state index >= 15 is 0 Å². The summed E-state index contributed by atoms with van der Waals surface area (Å²) >= 11 is 0. The third-order valence-corrected chi connectivity index (χ3v) is 7.38. The van der Waals surface area contributed by atoms with E-state index in [0.717, 1.165) is 19.3 Å². The van der Waals surface area contributed by atoms with Crippen LogP contribution in [0.5, 0.6) is 0 Å². The Labute approximate surface area is 138 Å². The Morgan fingerprint density at radius 3 is 2.43 bits per heavy atom. The lowest BCUT2D eigenvalue weighted by molar-refractivity contribution is -0.182. The highest BCUT2D eigenvalue weighted by atomic mass is 16.4. The minimum absolute atomic E-state index is 0.0634. The lowest BCUT2D eigenvalue weighted by atomic mass is 9.44. The molecule has 0 amide bonds. The van der Waals surface area contributed by atoms with E-state index in [1.807, 2.05) is 13.0 Å². The van der Waals surface area contributed by atoms with Crippen molar-refractivity contribution in [1.29, 1.82) is 0 Å². The van der Waals surface area contributed by atoms with Gasteiger partial charge in [-0.1, -0.05) is 32.4 Å². The van der Waals surface area contributed by atoms with E-state index in [1.54, 1.807) is 0 Å². The van der Waals surface area contributed by atoms with Crippen LogP contribution in [0.3, 0.4) is 0 Å². The van der Waals surface area contributed by atoms with E-state index < -0.39 is 23.6 Å². The van der Waals surface area contributed by atoms with Crippen LogP contribution in [0.2, 0.25) is 0 Å². The number of hydrogen-bond donors (Lipinski definition) is 3. The van der Waals surface area contributed by atoms with Crippen LogP contribution in [0.1, 0.15) is 59.8 Å². The first-order valence-corrected chi connectivity index (χ1v) is 8.83. The van der Waals surface area contributed by atoms with E-state index in [2.05, 4.69) is 20.8 Å². The molecule has 4 nitrogen and oxygen atoms in total. The number of rotatable bonds is 1. The molecule has 3 rings (SSSR count). The van der Waals surface area contributed by atoms with Gasteiger partial charge in [0.1, 0.15) is 0 Å². The molecular weight excluding hydrogens is 292 g/mol. The second kappa shape index (κ2) is 5.06. The molecule has 0 bridgehead atoms. The van der Waals surface area contributed by atoms with Crippen molar-refractivity contribution in [3.05, 3.63) is 11.6 Å². The average molecular weight is 322 g/mol. The Hall–Kier alpha value is -0.870. The van der Waals surface area contributed by atoms with Crippen LogP contribution in [0.25, 0.3) is 0 Å². The number of hydrogen-bond acceptors (Lipinski definition) is 3. The van der Waals surface area contributed by atoms with E-state index in [-0.39, 0.29) is 10.8 Å². The molecule has 0 aromatic rings. The molecule has 3 N–H and O–H groups in total. The van der Waals surface area contributed by atoms with Gasteiger partial charge in [0.15, 0.2) is 0 Å². The number of fused-ring (bicyclic) bond motifs is 3. The molecule has 3 aliphatic rings. The largest absolute Gasteiger partial charge is 0.481 e. The van der Waals surface area contributed by atoms with Crippen molar-refractivity contribution < 1.29 is 20.1 Å². The van der Waals surface area contributed by atoms with E-state index in [4.69, 9.17) is 0 Å². The van der Waals surface area contributed by atoms with E-state index in [1.165, 1.54) is 5.57 Å². The SMILES string of the molecule is CC1(C(=O)O)C=C2CCC3C(C)(C)C(O)C(O)CC3(C)C2CC1. The standard InChI is InChI=1S/C19H30O4/c1-17(2)14-6-5-11-9-18(3,16(22)23)8-7-12(11)19(14,4)10-13(20)15(17)21/h9,12-15,20-21H,5-8,10H2,1-4H3,(H,22,23). The van der Waals surface area contributed by atoms with Gasteiger partial charge in [0.05, 0.1) is 17.6 Å². The molecule has 0 aliphatic heterocycles. The molecule has 0 spiro atoms. The van der Waals surface area contributed by atoms with Crippen LogP contribution in [-0.2, 0) is 4.79 Å². The predicted molar refractivity (Wildman–Crippen MR) is 87.8 cm³/mol. The first kappa shape index (κ1) is 17.0. The van der Waals surface area contributed by atoms with E-state index in [0.29, 0.717) is 24.7 Å². The highest BCUT2D eigenvalue weighted by molar-refractivity contribution is 5.77. The third kappa shape index (κ3) is 2.29. The lowest BCUT2D eigenvalue weighted by Crippen LogP contribution is -2.60. The van der Waals surface area contributed by atoms with Crippen molar-refractivity contribution in [3.8, 4) is 0 Å². The molecule has 6 unspecified atom stereocenters. The molecule has 0 radical (unpaired) electrons. The van der Waals surface area contributed by atoms with Gasteiger partial charge in [0.2, 0.25) is 0 Å². The van der Waals surface area contributed by atoms with Crippen molar-refractivity contribution in [3.63, 3.8) is 0 Å². The Kier molecular flexibility index (Phi) is 3.73. The zero-order valence-corrected chi connectivity index (χ0v) is 14.7. The molecule has 0 aromatic carbocycles. The number of aliphatic hydroxyl groups is 2. The van der Waals surface area contributed by atoms with E-state index in [9.17, 15) is 20.1 Å². The summed E-state index contributed by atoms with van der Waals surface area (Å²) in [5.41, 5.74) is 0.133. The van der Waals surface area contributed by atoms with Crippen molar-refractivity contribution in [1.82, 2.24) is 0 Å². The molecule has 2 saturated carbocycles. The van der Waals surface area contributed by atoms with Gasteiger partial charge in [-0.05, 0) is 61.7 Å². The van der Waals surface area contributed by atoms with Gasteiger partial charge >= 0.3 is 5.97 Å². The van der Waals surface area contributed by atoms with Gasteiger partial charge in [-0.2, -0.15) is 0 Å². The molecule has 4 heteroatoms. The Morgan fingerprint density at radius 2 is 1.83 bits per heavy atom. The number of aliphatic hydroxyl groups excluding tert-OH is 2. The van der Waals surface area contributed by atoms with Crippen molar-refractivity contribution in [2.75, 3.05) is 0 Å². The molecule has 130 valence electrons. The molecule has 0 heterocycles. The summed E-state index contributed by atoms with van der Waals surface area (Å²) in [5, 5.41) is 30.4. The lowest BCUT2D eigenvalue weighted by Gasteiger charge is -2.61. The fourth-order valence-electron chi connectivity index (χ4n) is 6.03. The minimum Gasteiger partial charge on any atom is -0.481 e. The summed E-state index contributed by atoms with van der Waals surface area (Å²) in [4.78, 5) is 11.6. The number of carbonyl (C=O) groups is 1. The third-order valence-electron chi connectivity index (χ3n) is 7.38. The molecule has 23 heavy (non-hydrogen) atoms. The number of aliphatic carboxylic acids is 1. The van der Waals surface area contributed by atoms with Crippen LogP contribution in [0.4, 0.5) is 0 Å². The Morgan fingerprint density at radius 1 is 1.17 bits per heavy atom. The fraction of sp³-hybridized carbons (Fsp3) is 0.842. The molecule has 0 saturated heterocycles. The molecule has 0 aromatic heterocycles.